The van der Waals surface area contributed by atoms with Gasteiger partial charge in [0.2, 0.25) is 0 Å². The first-order valence-electron chi connectivity index (χ1n) is 3.87. The van der Waals surface area contributed by atoms with Crippen LogP contribution in [-0.4, -0.2) is 16.9 Å². The van der Waals surface area contributed by atoms with Gasteiger partial charge in [-0.2, -0.15) is 26.3 Å². The molecule has 0 aliphatic carbocycles. The molecule has 0 N–H and O–H groups in total. The largest absolute Gasteiger partial charge is 0.454 e. The molecule has 1 aromatic rings. The van der Waals surface area contributed by atoms with E-state index in [9.17, 15) is 31.1 Å². The molecule has 2 nitrogen and oxygen atoms in total. The summed E-state index contributed by atoms with van der Waals surface area (Å²) in [4.78, 5) is 13.7. The molecular formula is C8H2ClF6NO. The number of hydrogen-bond acceptors (Lipinski definition) is 2. The fraction of sp³-hybridized carbons (Fsp3) is 0.250. The van der Waals surface area contributed by atoms with Crippen molar-refractivity contribution in [2.24, 2.45) is 0 Å². The molecule has 0 spiro atoms. The first kappa shape index (κ1) is 13.8. The standard InChI is InChI=1S/C8H2ClF6NO/c9-6-4(5(17)8(13,14)15)1-3(2-16-6)7(10,11)12/h1-2H. The lowest BCUT2D eigenvalue weighted by molar-refractivity contribution is -0.137. The minimum atomic E-state index is -5.31. The number of nitrogens with zero attached hydrogens (tertiary/aromatic N) is 1. The number of rotatable bonds is 1. The molecule has 0 aliphatic rings. The van der Waals surface area contributed by atoms with E-state index in [1.165, 1.54) is 0 Å². The molecule has 0 aliphatic heterocycles. The third-order valence-corrected chi connectivity index (χ3v) is 1.97. The molecule has 9 heteroatoms. The quantitative estimate of drug-likeness (QED) is 0.447. The normalized spacial score (nSPS) is 12.6. The zero-order chi connectivity index (χ0) is 13.4. The fourth-order valence-corrected chi connectivity index (χ4v) is 1.10. The van der Waals surface area contributed by atoms with Gasteiger partial charge in [0.25, 0.3) is 5.78 Å². The Labute approximate surface area is 95.2 Å². The van der Waals surface area contributed by atoms with Crippen molar-refractivity contribution in [1.82, 2.24) is 4.98 Å². The molecule has 1 rings (SSSR count). The Morgan fingerprint density at radius 3 is 2.12 bits per heavy atom. The average molecular weight is 278 g/mol. The van der Waals surface area contributed by atoms with Crippen LogP contribution >= 0.6 is 11.6 Å². The first-order valence-corrected chi connectivity index (χ1v) is 4.25. The number of Topliss-reactive ketones (excluding diaryl/α,β-unsaturated/α-hetero) is 1. The van der Waals surface area contributed by atoms with Crippen molar-refractivity contribution in [3.63, 3.8) is 0 Å². The van der Waals surface area contributed by atoms with Gasteiger partial charge in [0.1, 0.15) is 5.15 Å². The van der Waals surface area contributed by atoms with Gasteiger partial charge in [0.15, 0.2) is 0 Å². The highest BCUT2D eigenvalue weighted by Gasteiger charge is 2.42. The van der Waals surface area contributed by atoms with Crippen molar-refractivity contribution < 1.29 is 31.1 Å². The van der Waals surface area contributed by atoms with Gasteiger partial charge in [-0.05, 0) is 6.07 Å². The summed E-state index contributed by atoms with van der Waals surface area (Å²) in [5.74, 6) is -2.47. The molecule has 0 aromatic carbocycles. The second-order valence-electron chi connectivity index (χ2n) is 2.89. The van der Waals surface area contributed by atoms with E-state index < -0.39 is 34.4 Å². The van der Waals surface area contributed by atoms with Gasteiger partial charge in [0.05, 0.1) is 11.1 Å². The molecule has 1 aromatic heterocycles. The Kier molecular flexibility index (Phi) is 3.37. The number of alkyl halides is 6. The monoisotopic (exact) mass is 277 g/mol. The van der Waals surface area contributed by atoms with Crippen LogP contribution in [0.3, 0.4) is 0 Å². The zero-order valence-electron chi connectivity index (χ0n) is 7.66. The maximum absolute atomic E-state index is 12.2. The smallest absolute Gasteiger partial charge is 0.284 e. The zero-order valence-corrected chi connectivity index (χ0v) is 8.41. The Morgan fingerprint density at radius 1 is 1.18 bits per heavy atom. The summed E-state index contributed by atoms with van der Waals surface area (Å²) < 4.78 is 72.6. The van der Waals surface area contributed by atoms with Crippen LogP contribution in [0, 0.1) is 0 Å². The second kappa shape index (κ2) is 4.17. The molecule has 94 valence electrons. The van der Waals surface area contributed by atoms with Crippen LogP contribution < -0.4 is 0 Å². The lowest BCUT2D eigenvalue weighted by Crippen LogP contribution is -2.24. The third kappa shape index (κ3) is 3.09. The van der Waals surface area contributed by atoms with Crippen molar-refractivity contribution in [1.29, 1.82) is 0 Å². The van der Waals surface area contributed by atoms with Gasteiger partial charge in [-0.3, -0.25) is 4.79 Å². The Bertz CT molecular complexity index is 452. The Hall–Kier alpha value is -1.31. The highest BCUT2D eigenvalue weighted by Crippen LogP contribution is 2.32. The summed E-state index contributed by atoms with van der Waals surface area (Å²) in [6.07, 6.45) is -9.97. The van der Waals surface area contributed by atoms with Crippen LogP contribution in [-0.2, 0) is 6.18 Å². The number of halogens is 7. The number of ketones is 1. The Morgan fingerprint density at radius 2 is 1.71 bits per heavy atom. The maximum atomic E-state index is 12.2. The van der Waals surface area contributed by atoms with E-state index in [1.807, 2.05) is 0 Å². The van der Waals surface area contributed by atoms with E-state index in [-0.39, 0.29) is 12.3 Å². The number of carbonyl (C=O) groups is 1. The fourth-order valence-electron chi connectivity index (χ4n) is 0.915. The molecule has 0 saturated heterocycles. The number of aromatic nitrogens is 1. The van der Waals surface area contributed by atoms with Crippen molar-refractivity contribution >= 4 is 17.4 Å². The molecule has 0 unspecified atom stereocenters. The molecule has 17 heavy (non-hydrogen) atoms. The van der Waals surface area contributed by atoms with Crippen LogP contribution in [0.5, 0.6) is 0 Å². The number of carbonyl (C=O) groups excluding carboxylic acids is 1. The number of hydrogen-bond donors (Lipinski definition) is 0. The molecule has 0 amide bonds. The Balaban J connectivity index is 3.30. The maximum Gasteiger partial charge on any atom is 0.454 e. The van der Waals surface area contributed by atoms with Gasteiger partial charge >= 0.3 is 12.4 Å². The van der Waals surface area contributed by atoms with E-state index in [0.717, 1.165) is 0 Å². The second-order valence-corrected chi connectivity index (χ2v) is 3.25. The average Bonchev–Trinajstić information content (AvgIpc) is 2.14. The highest BCUT2D eigenvalue weighted by molar-refractivity contribution is 6.33. The summed E-state index contributed by atoms with van der Waals surface area (Å²) in [5, 5.41) is -0.930. The molecule has 1 heterocycles. The summed E-state index contributed by atoms with van der Waals surface area (Å²) in [5.41, 5.74) is -2.80. The topological polar surface area (TPSA) is 30.0 Å². The molecule has 0 bridgehead atoms. The van der Waals surface area contributed by atoms with Crippen LogP contribution in [0.25, 0.3) is 0 Å². The predicted octanol–water partition coefficient (Wildman–Crippen LogP) is 3.50. The summed E-state index contributed by atoms with van der Waals surface area (Å²) >= 11 is 5.15. The molecule has 0 radical (unpaired) electrons. The van der Waals surface area contributed by atoms with Crippen LogP contribution in [0.15, 0.2) is 12.3 Å². The molecule has 0 atom stereocenters. The molecule has 0 fully saturated rings. The van der Waals surface area contributed by atoms with Gasteiger partial charge in [-0.25, -0.2) is 4.98 Å². The van der Waals surface area contributed by atoms with E-state index in [2.05, 4.69) is 4.98 Å². The van der Waals surface area contributed by atoms with Crippen molar-refractivity contribution in [3.8, 4) is 0 Å². The van der Waals surface area contributed by atoms with Gasteiger partial charge < -0.3 is 0 Å². The third-order valence-electron chi connectivity index (χ3n) is 1.67. The minimum Gasteiger partial charge on any atom is -0.284 e. The van der Waals surface area contributed by atoms with E-state index in [4.69, 9.17) is 11.6 Å². The van der Waals surface area contributed by atoms with Crippen molar-refractivity contribution in [2.45, 2.75) is 12.4 Å². The highest BCUT2D eigenvalue weighted by atomic mass is 35.5. The van der Waals surface area contributed by atoms with Gasteiger partial charge in [-0.15, -0.1) is 0 Å². The lowest BCUT2D eigenvalue weighted by Gasteiger charge is -2.10. The van der Waals surface area contributed by atoms with E-state index in [1.54, 1.807) is 0 Å². The SMILES string of the molecule is O=C(c1cc(C(F)(F)F)cnc1Cl)C(F)(F)F. The van der Waals surface area contributed by atoms with Gasteiger partial charge in [0, 0.05) is 6.20 Å². The lowest BCUT2D eigenvalue weighted by atomic mass is 10.1. The molecular weight excluding hydrogens is 276 g/mol. The van der Waals surface area contributed by atoms with Crippen molar-refractivity contribution in [2.75, 3.05) is 0 Å². The summed E-state index contributed by atoms with van der Waals surface area (Å²) in [7, 11) is 0. The van der Waals surface area contributed by atoms with Crippen LogP contribution in [0.4, 0.5) is 26.3 Å². The summed E-state index contributed by atoms with van der Waals surface area (Å²) in [6, 6.07) is 0.0190. The minimum absolute atomic E-state index is 0.0190. The first-order chi connectivity index (χ1) is 7.53. The summed E-state index contributed by atoms with van der Waals surface area (Å²) in [6.45, 7) is 0. The van der Waals surface area contributed by atoms with Crippen molar-refractivity contribution in [3.05, 3.63) is 28.5 Å². The van der Waals surface area contributed by atoms with Crippen LogP contribution in [0.1, 0.15) is 15.9 Å². The van der Waals surface area contributed by atoms with E-state index in [0.29, 0.717) is 0 Å². The van der Waals surface area contributed by atoms with Crippen LogP contribution in [0.2, 0.25) is 5.15 Å². The number of pyridine rings is 1. The van der Waals surface area contributed by atoms with Gasteiger partial charge in [-0.1, -0.05) is 11.6 Å². The predicted molar refractivity (Wildman–Crippen MR) is 44.6 cm³/mol. The molecule has 0 saturated carbocycles. The van der Waals surface area contributed by atoms with E-state index >= 15 is 0 Å².